The summed E-state index contributed by atoms with van der Waals surface area (Å²) in [6.45, 7) is 7.76. The Bertz CT molecular complexity index is 538. The number of nitrogens with one attached hydrogen (secondary N) is 1. The van der Waals surface area contributed by atoms with Crippen LogP contribution < -0.4 is 5.32 Å². The van der Waals surface area contributed by atoms with E-state index in [1.807, 2.05) is 20.8 Å². The first kappa shape index (κ1) is 17.4. The lowest BCUT2D eigenvalue weighted by Gasteiger charge is -2.26. The number of pyridine rings is 1. The zero-order chi connectivity index (χ0) is 16.2. The summed E-state index contributed by atoms with van der Waals surface area (Å²) in [4.78, 5) is 27.2. The summed E-state index contributed by atoms with van der Waals surface area (Å²) in [6, 6.07) is 1.15. The smallest absolute Gasteiger partial charge is 0.305 e. The molecule has 1 unspecified atom stereocenters. The molecule has 21 heavy (non-hydrogen) atoms. The molecule has 0 radical (unpaired) electrons. The summed E-state index contributed by atoms with van der Waals surface area (Å²) in [5, 5.41) is 12.0. The third-order valence-corrected chi connectivity index (χ3v) is 3.16. The number of nitrogens with zero attached hydrogens (tertiary/aromatic N) is 1. The summed E-state index contributed by atoms with van der Waals surface area (Å²) in [6.07, 6.45) is 1.84. The van der Waals surface area contributed by atoms with Crippen molar-refractivity contribution in [1.29, 1.82) is 0 Å². The van der Waals surface area contributed by atoms with Crippen LogP contribution in [0, 0.1) is 12.3 Å². The van der Waals surface area contributed by atoms with Gasteiger partial charge in [-0.3, -0.25) is 14.6 Å². The highest BCUT2D eigenvalue weighted by Crippen LogP contribution is 2.23. The van der Waals surface area contributed by atoms with Gasteiger partial charge in [-0.25, -0.2) is 0 Å². The normalized spacial score (nSPS) is 12.8. The Kier molecular flexibility index (Phi) is 5.72. The van der Waals surface area contributed by atoms with E-state index in [0.29, 0.717) is 17.1 Å². The number of rotatable bonds is 5. The predicted octanol–water partition coefficient (Wildman–Crippen LogP) is 3.05. The molecule has 6 heteroatoms. The van der Waals surface area contributed by atoms with Crippen LogP contribution in [0.5, 0.6) is 0 Å². The number of aliphatic carboxylic acids is 1. The molecule has 0 aliphatic carbocycles. The topological polar surface area (TPSA) is 79.3 Å². The molecule has 1 heterocycles. The number of aryl methyl sites for hydroxylation is 1. The highest BCUT2D eigenvalue weighted by Gasteiger charge is 2.24. The van der Waals surface area contributed by atoms with Crippen LogP contribution in [-0.4, -0.2) is 28.0 Å². The van der Waals surface area contributed by atoms with Crippen molar-refractivity contribution in [3.05, 3.63) is 28.5 Å². The average Bonchev–Trinajstić information content (AvgIpc) is 2.24. The molecule has 1 aromatic rings. The van der Waals surface area contributed by atoms with Crippen LogP contribution >= 0.6 is 11.6 Å². The van der Waals surface area contributed by atoms with Crippen molar-refractivity contribution in [3.8, 4) is 0 Å². The van der Waals surface area contributed by atoms with E-state index in [-0.39, 0.29) is 17.4 Å². The Hall–Kier alpha value is -1.62. The zero-order valence-electron chi connectivity index (χ0n) is 12.7. The number of amides is 1. The fourth-order valence-corrected chi connectivity index (χ4v) is 2.37. The maximum atomic E-state index is 12.2. The molecule has 0 saturated heterocycles. The highest BCUT2D eigenvalue weighted by molar-refractivity contribution is 6.33. The van der Waals surface area contributed by atoms with E-state index in [2.05, 4.69) is 10.3 Å². The van der Waals surface area contributed by atoms with E-state index < -0.39 is 17.9 Å². The van der Waals surface area contributed by atoms with Crippen LogP contribution in [0.15, 0.2) is 12.3 Å². The molecule has 1 rings (SSSR count). The molecule has 1 amide bonds. The number of hydrogen-bond donors (Lipinski definition) is 2. The first-order chi connectivity index (χ1) is 9.58. The Balaban J connectivity index is 2.86. The number of carbonyl (C=O) groups is 2. The van der Waals surface area contributed by atoms with E-state index in [9.17, 15) is 9.59 Å². The Morgan fingerprint density at radius 3 is 2.52 bits per heavy atom. The molecule has 0 bridgehead atoms. The summed E-state index contributed by atoms with van der Waals surface area (Å²) in [7, 11) is 0. The van der Waals surface area contributed by atoms with Gasteiger partial charge >= 0.3 is 5.97 Å². The van der Waals surface area contributed by atoms with Crippen LogP contribution in [0.4, 0.5) is 0 Å². The Morgan fingerprint density at radius 1 is 1.43 bits per heavy atom. The minimum Gasteiger partial charge on any atom is -0.481 e. The Labute approximate surface area is 129 Å². The van der Waals surface area contributed by atoms with Crippen LogP contribution in [0.25, 0.3) is 0 Å². The fraction of sp³-hybridized carbons (Fsp3) is 0.533. The van der Waals surface area contributed by atoms with E-state index >= 15 is 0 Å². The van der Waals surface area contributed by atoms with Crippen molar-refractivity contribution in [2.75, 3.05) is 0 Å². The third-order valence-electron chi connectivity index (χ3n) is 2.85. The number of hydrogen-bond acceptors (Lipinski definition) is 3. The van der Waals surface area contributed by atoms with Gasteiger partial charge in [0.2, 0.25) is 0 Å². The molecule has 0 saturated carbocycles. The standard InChI is InChI=1S/C15H21ClN2O3/c1-9-5-12(16)11(8-17-9)14(21)18-10(6-13(19)20)7-15(2,3)4/h5,8,10H,6-7H2,1-4H3,(H,18,21)(H,19,20). The largest absolute Gasteiger partial charge is 0.481 e. The van der Waals surface area contributed by atoms with Crippen molar-refractivity contribution in [3.63, 3.8) is 0 Å². The molecule has 0 spiro atoms. The summed E-state index contributed by atoms with van der Waals surface area (Å²) in [5.41, 5.74) is 0.878. The van der Waals surface area contributed by atoms with Crippen LogP contribution in [0.2, 0.25) is 5.02 Å². The Morgan fingerprint density at radius 2 is 2.05 bits per heavy atom. The van der Waals surface area contributed by atoms with Crippen molar-refractivity contribution in [2.24, 2.45) is 5.41 Å². The second kappa shape index (κ2) is 6.89. The predicted molar refractivity (Wildman–Crippen MR) is 81.6 cm³/mol. The van der Waals surface area contributed by atoms with Crippen LogP contribution in [-0.2, 0) is 4.79 Å². The second-order valence-electron chi connectivity index (χ2n) is 6.34. The van der Waals surface area contributed by atoms with Gasteiger partial charge in [0.05, 0.1) is 17.0 Å². The van der Waals surface area contributed by atoms with Gasteiger partial charge in [-0.2, -0.15) is 0 Å². The van der Waals surface area contributed by atoms with Gasteiger partial charge in [-0.1, -0.05) is 32.4 Å². The minimum absolute atomic E-state index is 0.0945. The molecule has 5 nitrogen and oxygen atoms in total. The lowest BCUT2D eigenvalue weighted by Crippen LogP contribution is -2.39. The van der Waals surface area contributed by atoms with Crippen LogP contribution in [0.1, 0.15) is 49.7 Å². The number of aromatic nitrogens is 1. The zero-order valence-corrected chi connectivity index (χ0v) is 13.5. The van der Waals surface area contributed by atoms with Gasteiger partial charge in [-0.05, 0) is 24.8 Å². The minimum atomic E-state index is -0.947. The van der Waals surface area contributed by atoms with Gasteiger partial charge in [0.25, 0.3) is 5.91 Å². The maximum Gasteiger partial charge on any atom is 0.305 e. The number of carbonyl (C=O) groups excluding carboxylic acids is 1. The molecule has 0 aliphatic heterocycles. The number of halogens is 1. The van der Waals surface area contributed by atoms with Crippen molar-refractivity contribution < 1.29 is 14.7 Å². The van der Waals surface area contributed by atoms with E-state index in [0.717, 1.165) is 0 Å². The second-order valence-corrected chi connectivity index (χ2v) is 6.75. The first-order valence-electron chi connectivity index (χ1n) is 6.73. The number of carboxylic acid groups (broad SMARTS) is 1. The van der Waals surface area contributed by atoms with Crippen LogP contribution in [0.3, 0.4) is 0 Å². The molecule has 2 N–H and O–H groups in total. The maximum absolute atomic E-state index is 12.2. The molecule has 0 fully saturated rings. The molecular formula is C15H21ClN2O3. The molecule has 0 aliphatic rings. The van der Waals surface area contributed by atoms with Gasteiger partial charge in [0.1, 0.15) is 0 Å². The quantitative estimate of drug-likeness (QED) is 0.875. The molecule has 1 aromatic heterocycles. The van der Waals surface area contributed by atoms with E-state index in [1.165, 1.54) is 6.20 Å². The SMILES string of the molecule is Cc1cc(Cl)c(C(=O)NC(CC(=O)O)CC(C)(C)C)cn1. The molecule has 116 valence electrons. The van der Waals surface area contributed by atoms with Crippen molar-refractivity contribution in [1.82, 2.24) is 10.3 Å². The molecular weight excluding hydrogens is 292 g/mol. The third kappa shape index (κ3) is 6.12. The summed E-state index contributed by atoms with van der Waals surface area (Å²) >= 11 is 6.03. The number of carboxylic acids is 1. The van der Waals surface area contributed by atoms with Gasteiger partial charge in [-0.15, -0.1) is 0 Å². The van der Waals surface area contributed by atoms with E-state index in [1.54, 1.807) is 13.0 Å². The lowest BCUT2D eigenvalue weighted by molar-refractivity contribution is -0.137. The highest BCUT2D eigenvalue weighted by atomic mass is 35.5. The fourth-order valence-electron chi connectivity index (χ4n) is 2.08. The van der Waals surface area contributed by atoms with Gasteiger partial charge in [0.15, 0.2) is 0 Å². The molecule has 1 atom stereocenters. The van der Waals surface area contributed by atoms with Crippen molar-refractivity contribution >= 4 is 23.5 Å². The van der Waals surface area contributed by atoms with Gasteiger partial charge in [0, 0.05) is 17.9 Å². The summed E-state index contributed by atoms with van der Waals surface area (Å²) in [5.74, 6) is -1.35. The van der Waals surface area contributed by atoms with Gasteiger partial charge < -0.3 is 10.4 Å². The average molecular weight is 313 g/mol. The van der Waals surface area contributed by atoms with Crippen molar-refractivity contribution in [2.45, 2.75) is 46.6 Å². The molecule has 0 aromatic carbocycles. The summed E-state index contributed by atoms with van der Waals surface area (Å²) < 4.78 is 0. The first-order valence-corrected chi connectivity index (χ1v) is 7.11. The van der Waals surface area contributed by atoms with E-state index in [4.69, 9.17) is 16.7 Å². The monoisotopic (exact) mass is 312 g/mol. The lowest BCUT2D eigenvalue weighted by atomic mass is 9.87.